The van der Waals surface area contributed by atoms with Crippen LogP contribution in [0.2, 0.25) is 0 Å². The number of carbonyl (C=O) groups excluding carboxylic acids is 1. The van der Waals surface area contributed by atoms with Crippen LogP contribution < -0.4 is 14.8 Å². The van der Waals surface area contributed by atoms with E-state index in [4.69, 9.17) is 4.74 Å². The number of hydrogen-bond donors (Lipinski definition) is 2. The van der Waals surface area contributed by atoms with E-state index in [1.807, 2.05) is 38.1 Å². The Bertz CT molecular complexity index is 1200. The molecular formula is C24H25BrN2O4S. The molecule has 3 aromatic rings. The SMILES string of the molecule is CCc1ccc(OCC(=O)Nc2ccc(S(=O)(=O)Nc3cc(C)cc(C)c3)cc2)c(Br)c1. The second-order valence-electron chi connectivity index (χ2n) is 7.46. The molecule has 168 valence electrons. The van der Waals surface area contributed by atoms with Crippen LogP contribution in [0, 0.1) is 13.8 Å². The molecule has 0 aliphatic rings. The molecule has 0 heterocycles. The summed E-state index contributed by atoms with van der Waals surface area (Å²) in [5, 5.41) is 2.70. The second kappa shape index (κ2) is 10.2. The average molecular weight is 517 g/mol. The molecule has 6 nitrogen and oxygen atoms in total. The van der Waals surface area contributed by atoms with E-state index in [0.29, 0.717) is 17.1 Å². The smallest absolute Gasteiger partial charge is 0.262 e. The van der Waals surface area contributed by atoms with Crippen molar-refractivity contribution in [3.05, 3.63) is 81.8 Å². The van der Waals surface area contributed by atoms with Crippen LogP contribution in [0.25, 0.3) is 0 Å². The lowest BCUT2D eigenvalue weighted by Gasteiger charge is -2.12. The van der Waals surface area contributed by atoms with E-state index in [9.17, 15) is 13.2 Å². The molecule has 0 spiro atoms. The molecule has 0 bridgehead atoms. The standard InChI is InChI=1S/C24H25BrN2O4S/c1-4-18-5-10-23(22(25)14-18)31-15-24(28)26-19-6-8-21(9-7-19)32(29,30)27-20-12-16(2)11-17(3)13-20/h5-14,27H,4,15H2,1-3H3,(H,26,28). The largest absolute Gasteiger partial charge is 0.483 e. The van der Waals surface area contributed by atoms with Crippen molar-refractivity contribution in [2.75, 3.05) is 16.6 Å². The lowest BCUT2D eigenvalue weighted by atomic mass is 10.1. The lowest BCUT2D eigenvalue weighted by molar-refractivity contribution is -0.118. The van der Waals surface area contributed by atoms with E-state index < -0.39 is 10.0 Å². The van der Waals surface area contributed by atoms with Crippen LogP contribution >= 0.6 is 15.9 Å². The van der Waals surface area contributed by atoms with Crippen molar-refractivity contribution in [1.82, 2.24) is 0 Å². The van der Waals surface area contributed by atoms with Crippen molar-refractivity contribution in [1.29, 1.82) is 0 Å². The molecular weight excluding hydrogens is 492 g/mol. The predicted molar refractivity (Wildman–Crippen MR) is 131 cm³/mol. The maximum Gasteiger partial charge on any atom is 0.262 e. The number of carbonyl (C=O) groups is 1. The Balaban J connectivity index is 1.60. The van der Waals surface area contributed by atoms with Crippen LogP contribution in [0.15, 0.2) is 70.0 Å². The first-order chi connectivity index (χ1) is 15.2. The molecule has 0 fully saturated rings. The highest BCUT2D eigenvalue weighted by Gasteiger charge is 2.15. The molecule has 0 aliphatic carbocycles. The maximum atomic E-state index is 12.7. The van der Waals surface area contributed by atoms with Crippen molar-refractivity contribution in [3.8, 4) is 5.75 Å². The number of benzene rings is 3. The molecule has 0 aliphatic heterocycles. The van der Waals surface area contributed by atoms with Crippen LogP contribution in [0.1, 0.15) is 23.6 Å². The number of rotatable bonds is 8. The summed E-state index contributed by atoms with van der Waals surface area (Å²) in [6.45, 7) is 5.71. The number of ether oxygens (including phenoxy) is 1. The van der Waals surface area contributed by atoms with Crippen LogP contribution in [0.3, 0.4) is 0 Å². The average Bonchev–Trinajstić information content (AvgIpc) is 2.72. The van der Waals surface area contributed by atoms with Crippen molar-refractivity contribution in [2.45, 2.75) is 32.1 Å². The van der Waals surface area contributed by atoms with Gasteiger partial charge in [0.05, 0.1) is 9.37 Å². The summed E-state index contributed by atoms with van der Waals surface area (Å²) in [4.78, 5) is 12.3. The normalized spacial score (nSPS) is 11.1. The number of sulfonamides is 1. The lowest BCUT2D eigenvalue weighted by Crippen LogP contribution is -2.20. The summed E-state index contributed by atoms with van der Waals surface area (Å²) < 4.78 is 34.3. The van der Waals surface area contributed by atoms with Crippen LogP contribution in [-0.4, -0.2) is 20.9 Å². The Hall–Kier alpha value is -2.84. The molecule has 1 amide bonds. The fraction of sp³-hybridized carbons (Fsp3) is 0.208. The van der Waals surface area contributed by atoms with E-state index in [1.165, 1.54) is 12.1 Å². The van der Waals surface area contributed by atoms with Crippen LogP contribution in [0.5, 0.6) is 5.75 Å². The summed E-state index contributed by atoms with van der Waals surface area (Å²) in [6.07, 6.45) is 0.908. The van der Waals surface area contributed by atoms with Gasteiger partial charge in [0, 0.05) is 11.4 Å². The molecule has 0 aromatic heterocycles. The first-order valence-corrected chi connectivity index (χ1v) is 12.4. The highest BCUT2D eigenvalue weighted by Crippen LogP contribution is 2.26. The highest BCUT2D eigenvalue weighted by molar-refractivity contribution is 9.10. The van der Waals surface area contributed by atoms with Gasteiger partial charge in [0.1, 0.15) is 5.75 Å². The van der Waals surface area contributed by atoms with Crippen LogP contribution in [-0.2, 0) is 21.2 Å². The number of aryl methyl sites for hydroxylation is 3. The fourth-order valence-electron chi connectivity index (χ4n) is 3.19. The van der Waals surface area contributed by atoms with Crippen molar-refractivity contribution in [3.63, 3.8) is 0 Å². The van der Waals surface area contributed by atoms with E-state index in [1.54, 1.807) is 24.3 Å². The Morgan fingerprint density at radius 1 is 0.938 bits per heavy atom. The van der Waals surface area contributed by atoms with E-state index >= 15 is 0 Å². The minimum atomic E-state index is -3.74. The van der Waals surface area contributed by atoms with Crippen LogP contribution in [0.4, 0.5) is 11.4 Å². The van der Waals surface area contributed by atoms with Gasteiger partial charge < -0.3 is 10.1 Å². The molecule has 2 N–H and O–H groups in total. The van der Waals surface area contributed by atoms with Gasteiger partial charge >= 0.3 is 0 Å². The van der Waals surface area contributed by atoms with Gasteiger partial charge in [-0.05, 0) is 101 Å². The van der Waals surface area contributed by atoms with Gasteiger partial charge in [0.2, 0.25) is 0 Å². The third-order valence-corrected chi connectivity index (χ3v) is 6.70. The molecule has 32 heavy (non-hydrogen) atoms. The molecule has 0 radical (unpaired) electrons. The van der Waals surface area contributed by atoms with Gasteiger partial charge in [0.15, 0.2) is 6.61 Å². The number of amides is 1. The number of halogens is 1. The molecule has 3 rings (SSSR count). The summed E-state index contributed by atoms with van der Waals surface area (Å²) in [5.74, 6) is 0.233. The third-order valence-electron chi connectivity index (χ3n) is 4.69. The molecule has 0 atom stereocenters. The Morgan fingerprint density at radius 3 is 2.19 bits per heavy atom. The summed E-state index contributed by atoms with van der Waals surface area (Å²) in [5.41, 5.74) is 4.09. The number of anilines is 2. The minimum Gasteiger partial charge on any atom is -0.483 e. The molecule has 0 unspecified atom stereocenters. The topological polar surface area (TPSA) is 84.5 Å². The number of hydrogen-bond acceptors (Lipinski definition) is 4. The number of nitrogens with one attached hydrogen (secondary N) is 2. The Labute approximate surface area is 197 Å². The highest BCUT2D eigenvalue weighted by atomic mass is 79.9. The van der Waals surface area contributed by atoms with Gasteiger partial charge in [0.25, 0.3) is 15.9 Å². The van der Waals surface area contributed by atoms with E-state index in [-0.39, 0.29) is 17.4 Å². The van der Waals surface area contributed by atoms with Gasteiger partial charge in [-0.2, -0.15) is 0 Å². The Kier molecular flexibility index (Phi) is 7.58. The zero-order chi connectivity index (χ0) is 23.3. The third kappa shape index (κ3) is 6.34. The summed E-state index contributed by atoms with van der Waals surface area (Å²) >= 11 is 3.44. The van der Waals surface area contributed by atoms with Gasteiger partial charge in [-0.1, -0.05) is 19.1 Å². The monoisotopic (exact) mass is 516 g/mol. The molecule has 8 heteroatoms. The van der Waals surface area contributed by atoms with Gasteiger partial charge in [-0.15, -0.1) is 0 Å². The first kappa shape index (κ1) is 23.8. The maximum absolute atomic E-state index is 12.7. The second-order valence-corrected chi connectivity index (χ2v) is 10.00. The van der Waals surface area contributed by atoms with E-state index in [2.05, 4.69) is 32.9 Å². The minimum absolute atomic E-state index is 0.103. The molecule has 3 aromatic carbocycles. The van der Waals surface area contributed by atoms with Crippen molar-refractivity contribution >= 4 is 43.2 Å². The van der Waals surface area contributed by atoms with Crippen molar-refractivity contribution in [2.24, 2.45) is 0 Å². The van der Waals surface area contributed by atoms with Crippen molar-refractivity contribution < 1.29 is 17.9 Å². The summed E-state index contributed by atoms with van der Waals surface area (Å²) in [7, 11) is -3.74. The molecule has 0 saturated heterocycles. The Morgan fingerprint density at radius 2 is 1.59 bits per heavy atom. The van der Waals surface area contributed by atoms with Gasteiger partial charge in [-0.3, -0.25) is 9.52 Å². The molecule has 0 saturated carbocycles. The first-order valence-electron chi connectivity index (χ1n) is 10.1. The predicted octanol–water partition coefficient (Wildman–Crippen LogP) is 5.45. The zero-order valence-corrected chi connectivity index (χ0v) is 20.5. The van der Waals surface area contributed by atoms with Gasteiger partial charge in [-0.25, -0.2) is 8.42 Å². The zero-order valence-electron chi connectivity index (χ0n) is 18.1. The summed E-state index contributed by atoms with van der Waals surface area (Å²) in [6, 6.07) is 17.2. The quantitative estimate of drug-likeness (QED) is 0.417. The van der Waals surface area contributed by atoms with E-state index in [0.717, 1.165) is 27.6 Å². The fourth-order valence-corrected chi connectivity index (χ4v) is 4.77.